The third kappa shape index (κ3) is 1.72. The minimum atomic E-state index is -0.893. The molecule has 4 N–H and O–H groups in total. The van der Waals surface area contributed by atoms with E-state index in [-0.39, 0.29) is 5.56 Å². The standard InChI is InChI=1S/C7H8F2N2/c8-4-1-2-5(7(10)11)6(9)3-4/h1-3,7H,10-11H2. The number of hydrogen-bond acceptors (Lipinski definition) is 2. The normalized spacial score (nSPS) is 10.6. The summed E-state index contributed by atoms with van der Waals surface area (Å²) in [4.78, 5) is 0. The summed E-state index contributed by atoms with van der Waals surface area (Å²) >= 11 is 0. The summed E-state index contributed by atoms with van der Waals surface area (Å²) in [6.45, 7) is 0. The van der Waals surface area contributed by atoms with Crippen LogP contribution in [0.5, 0.6) is 0 Å². The first-order valence-corrected chi connectivity index (χ1v) is 3.07. The van der Waals surface area contributed by atoms with Gasteiger partial charge in [0.25, 0.3) is 0 Å². The van der Waals surface area contributed by atoms with Crippen molar-refractivity contribution in [2.75, 3.05) is 0 Å². The van der Waals surface area contributed by atoms with Gasteiger partial charge in [-0.05, 0) is 6.07 Å². The lowest BCUT2D eigenvalue weighted by Crippen LogP contribution is -2.21. The van der Waals surface area contributed by atoms with E-state index in [1.54, 1.807) is 0 Å². The quantitative estimate of drug-likeness (QED) is 0.596. The number of halogens is 2. The van der Waals surface area contributed by atoms with Crippen molar-refractivity contribution in [1.82, 2.24) is 0 Å². The largest absolute Gasteiger partial charge is 0.312 e. The average Bonchev–Trinajstić information content (AvgIpc) is 1.85. The van der Waals surface area contributed by atoms with Crippen LogP contribution in [0.4, 0.5) is 8.78 Å². The van der Waals surface area contributed by atoms with Crippen LogP contribution in [0.2, 0.25) is 0 Å². The Morgan fingerprint density at radius 2 is 1.82 bits per heavy atom. The molecule has 0 heterocycles. The van der Waals surface area contributed by atoms with Gasteiger partial charge in [0.2, 0.25) is 0 Å². The summed E-state index contributed by atoms with van der Waals surface area (Å²) < 4.78 is 25.0. The summed E-state index contributed by atoms with van der Waals surface area (Å²) in [7, 11) is 0. The summed E-state index contributed by atoms with van der Waals surface area (Å²) in [6.07, 6.45) is -0.893. The molecule has 0 spiro atoms. The maximum atomic E-state index is 12.7. The van der Waals surface area contributed by atoms with Crippen molar-refractivity contribution in [2.45, 2.75) is 6.17 Å². The van der Waals surface area contributed by atoms with Gasteiger partial charge in [-0.15, -0.1) is 0 Å². The predicted molar refractivity (Wildman–Crippen MR) is 37.5 cm³/mol. The van der Waals surface area contributed by atoms with Crippen molar-refractivity contribution >= 4 is 0 Å². The van der Waals surface area contributed by atoms with E-state index in [4.69, 9.17) is 11.5 Å². The third-order valence-corrected chi connectivity index (χ3v) is 1.32. The zero-order chi connectivity index (χ0) is 8.43. The second kappa shape index (κ2) is 2.94. The van der Waals surface area contributed by atoms with Crippen LogP contribution in [0.25, 0.3) is 0 Å². The lowest BCUT2D eigenvalue weighted by atomic mass is 10.2. The molecule has 0 bridgehead atoms. The first-order valence-electron chi connectivity index (χ1n) is 3.07. The molecule has 60 valence electrons. The first kappa shape index (κ1) is 8.10. The van der Waals surface area contributed by atoms with Gasteiger partial charge in [-0.3, -0.25) is 0 Å². The van der Waals surface area contributed by atoms with E-state index < -0.39 is 17.8 Å². The van der Waals surface area contributed by atoms with Crippen molar-refractivity contribution in [3.8, 4) is 0 Å². The highest BCUT2D eigenvalue weighted by Crippen LogP contribution is 2.12. The lowest BCUT2D eigenvalue weighted by Gasteiger charge is -2.05. The number of nitrogens with two attached hydrogens (primary N) is 2. The molecular weight excluding hydrogens is 150 g/mol. The average molecular weight is 158 g/mol. The Balaban J connectivity index is 3.09. The minimum Gasteiger partial charge on any atom is -0.312 e. The van der Waals surface area contributed by atoms with Crippen LogP contribution >= 0.6 is 0 Å². The number of hydrogen-bond donors (Lipinski definition) is 2. The molecule has 1 aromatic carbocycles. The van der Waals surface area contributed by atoms with Gasteiger partial charge in [0, 0.05) is 11.6 Å². The molecule has 0 unspecified atom stereocenters. The molecule has 0 atom stereocenters. The molecule has 1 rings (SSSR count). The predicted octanol–water partition coefficient (Wildman–Crippen LogP) is 0.881. The maximum Gasteiger partial charge on any atom is 0.132 e. The Kier molecular flexibility index (Phi) is 2.16. The van der Waals surface area contributed by atoms with Crippen LogP contribution in [0.3, 0.4) is 0 Å². The monoisotopic (exact) mass is 158 g/mol. The fourth-order valence-corrected chi connectivity index (χ4v) is 0.772. The van der Waals surface area contributed by atoms with Gasteiger partial charge in [0.1, 0.15) is 11.6 Å². The van der Waals surface area contributed by atoms with Crippen LogP contribution in [0.1, 0.15) is 11.7 Å². The van der Waals surface area contributed by atoms with Crippen LogP contribution in [-0.2, 0) is 0 Å². The Bertz CT molecular complexity index is 261. The van der Waals surface area contributed by atoms with Crippen molar-refractivity contribution < 1.29 is 8.78 Å². The molecule has 0 radical (unpaired) electrons. The molecule has 11 heavy (non-hydrogen) atoms. The maximum absolute atomic E-state index is 12.7. The molecule has 4 heteroatoms. The molecule has 0 saturated carbocycles. The van der Waals surface area contributed by atoms with Gasteiger partial charge in [-0.1, -0.05) is 6.07 Å². The minimum absolute atomic E-state index is 0.117. The SMILES string of the molecule is NC(N)c1ccc(F)cc1F. The molecule has 0 aliphatic heterocycles. The molecule has 0 amide bonds. The Morgan fingerprint density at radius 3 is 2.27 bits per heavy atom. The highest BCUT2D eigenvalue weighted by molar-refractivity contribution is 5.20. The van der Waals surface area contributed by atoms with Gasteiger partial charge >= 0.3 is 0 Å². The molecule has 0 aliphatic rings. The van der Waals surface area contributed by atoms with Gasteiger partial charge in [0.05, 0.1) is 6.17 Å². The fraction of sp³-hybridized carbons (Fsp3) is 0.143. The molecule has 1 aromatic rings. The molecule has 0 aromatic heterocycles. The third-order valence-electron chi connectivity index (χ3n) is 1.32. The van der Waals surface area contributed by atoms with E-state index in [9.17, 15) is 8.78 Å². The number of rotatable bonds is 1. The second-order valence-electron chi connectivity index (χ2n) is 2.19. The van der Waals surface area contributed by atoms with Gasteiger partial charge in [-0.2, -0.15) is 0 Å². The topological polar surface area (TPSA) is 52.0 Å². The van der Waals surface area contributed by atoms with Crippen molar-refractivity contribution in [2.24, 2.45) is 11.5 Å². The zero-order valence-electron chi connectivity index (χ0n) is 5.72. The Labute approximate surface area is 62.8 Å². The van der Waals surface area contributed by atoms with Crippen molar-refractivity contribution in [3.05, 3.63) is 35.4 Å². The van der Waals surface area contributed by atoms with E-state index in [0.29, 0.717) is 0 Å². The van der Waals surface area contributed by atoms with Crippen molar-refractivity contribution in [1.29, 1.82) is 0 Å². The van der Waals surface area contributed by atoms with Gasteiger partial charge in [-0.25, -0.2) is 8.78 Å². The summed E-state index contributed by atoms with van der Waals surface area (Å²) in [5.41, 5.74) is 10.5. The Hall–Kier alpha value is -1.00. The smallest absolute Gasteiger partial charge is 0.132 e. The summed E-state index contributed by atoms with van der Waals surface area (Å²) in [5, 5.41) is 0. The van der Waals surface area contributed by atoms with Crippen LogP contribution in [-0.4, -0.2) is 0 Å². The van der Waals surface area contributed by atoms with Crippen molar-refractivity contribution in [3.63, 3.8) is 0 Å². The van der Waals surface area contributed by atoms with Crippen LogP contribution < -0.4 is 11.5 Å². The highest BCUT2D eigenvalue weighted by atomic mass is 19.1. The Morgan fingerprint density at radius 1 is 1.18 bits per heavy atom. The van der Waals surface area contributed by atoms with E-state index >= 15 is 0 Å². The van der Waals surface area contributed by atoms with E-state index in [2.05, 4.69) is 0 Å². The second-order valence-corrected chi connectivity index (χ2v) is 2.19. The molecule has 0 aliphatic carbocycles. The van der Waals surface area contributed by atoms with E-state index in [0.717, 1.165) is 12.1 Å². The first-order chi connectivity index (χ1) is 5.11. The molecule has 2 nitrogen and oxygen atoms in total. The van der Waals surface area contributed by atoms with E-state index in [1.807, 2.05) is 0 Å². The fourth-order valence-electron chi connectivity index (χ4n) is 0.772. The molecular formula is C7H8F2N2. The van der Waals surface area contributed by atoms with Crippen LogP contribution in [0, 0.1) is 11.6 Å². The molecule has 0 saturated heterocycles. The lowest BCUT2D eigenvalue weighted by molar-refractivity contribution is 0.558. The summed E-state index contributed by atoms with van der Waals surface area (Å²) in [6, 6.07) is 3.10. The van der Waals surface area contributed by atoms with Gasteiger partial charge in [0.15, 0.2) is 0 Å². The number of benzene rings is 1. The molecule has 0 fully saturated rings. The van der Waals surface area contributed by atoms with Crippen LogP contribution in [0.15, 0.2) is 18.2 Å². The highest BCUT2D eigenvalue weighted by Gasteiger charge is 2.06. The van der Waals surface area contributed by atoms with E-state index in [1.165, 1.54) is 6.07 Å². The van der Waals surface area contributed by atoms with Gasteiger partial charge < -0.3 is 11.5 Å². The zero-order valence-corrected chi connectivity index (χ0v) is 5.72. The summed E-state index contributed by atoms with van der Waals surface area (Å²) in [5.74, 6) is -1.34.